The largest absolute Gasteiger partial charge is 0.488 e. The molecule has 2 aliphatic heterocycles. The van der Waals surface area contributed by atoms with Crippen LogP contribution in [-0.2, 0) is 4.79 Å². The zero-order valence-corrected chi connectivity index (χ0v) is 12.4. The van der Waals surface area contributed by atoms with E-state index in [2.05, 4.69) is 0 Å². The Bertz CT molecular complexity index is 566. The monoisotopic (exact) mass is 286 g/mol. The van der Waals surface area contributed by atoms with E-state index in [1.807, 2.05) is 42.2 Å². The Labute approximate surface area is 125 Å². The van der Waals surface area contributed by atoms with Gasteiger partial charge in [0.05, 0.1) is 5.57 Å². The molecule has 112 valence electrons. The Morgan fingerprint density at radius 3 is 3.00 bits per heavy atom. The van der Waals surface area contributed by atoms with Crippen molar-refractivity contribution in [1.29, 1.82) is 0 Å². The van der Waals surface area contributed by atoms with Crippen molar-refractivity contribution in [3.8, 4) is 5.75 Å². The second kappa shape index (κ2) is 5.90. The van der Waals surface area contributed by atoms with Crippen molar-refractivity contribution in [3.05, 3.63) is 35.4 Å². The SMILES string of the molecule is CC(N)C1CCCCN1C(=O)C1=Cc2ccccc2OC1. The van der Waals surface area contributed by atoms with E-state index in [1.165, 1.54) is 0 Å². The van der Waals surface area contributed by atoms with Crippen LogP contribution in [0.2, 0.25) is 0 Å². The zero-order chi connectivity index (χ0) is 14.8. The van der Waals surface area contributed by atoms with Gasteiger partial charge in [-0.25, -0.2) is 0 Å². The summed E-state index contributed by atoms with van der Waals surface area (Å²) >= 11 is 0. The normalized spacial score (nSPS) is 22.9. The Morgan fingerprint density at radius 1 is 1.38 bits per heavy atom. The predicted molar refractivity (Wildman–Crippen MR) is 82.9 cm³/mol. The van der Waals surface area contributed by atoms with Crippen LogP contribution in [0, 0.1) is 0 Å². The lowest BCUT2D eigenvalue weighted by molar-refractivity contribution is -0.131. The average Bonchev–Trinajstić information content (AvgIpc) is 2.53. The highest BCUT2D eigenvalue weighted by Gasteiger charge is 2.31. The summed E-state index contributed by atoms with van der Waals surface area (Å²) in [6.07, 6.45) is 5.15. The van der Waals surface area contributed by atoms with Crippen LogP contribution in [0.15, 0.2) is 29.8 Å². The lowest BCUT2D eigenvalue weighted by Crippen LogP contribution is -2.52. The van der Waals surface area contributed by atoms with E-state index in [4.69, 9.17) is 10.5 Å². The van der Waals surface area contributed by atoms with Crippen LogP contribution in [0.5, 0.6) is 5.75 Å². The standard InChI is InChI=1S/C17H22N2O2/c1-12(18)15-7-4-5-9-19(15)17(20)14-10-13-6-2-3-8-16(13)21-11-14/h2-3,6,8,10,12,15H,4-5,7,9,11,18H2,1H3. The molecule has 1 amide bonds. The highest BCUT2D eigenvalue weighted by molar-refractivity contribution is 5.99. The minimum Gasteiger partial charge on any atom is -0.488 e. The van der Waals surface area contributed by atoms with Crippen LogP contribution >= 0.6 is 0 Å². The van der Waals surface area contributed by atoms with Crippen LogP contribution in [0.1, 0.15) is 31.7 Å². The van der Waals surface area contributed by atoms with Crippen LogP contribution in [0.3, 0.4) is 0 Å². The highest BCUT2D eigenvalue weighted by Crippen LogP contribution is 2.28. The first-order valence-corrected chi connectivity index (χ1v) is 7.66. The number of fused-ring (bicyclic) bond motifs is 1. The number of hydrogen-bond acceptors (Lipinski definition) is 3. The molecule has 2 N–H and O–H groups in total. The molecular formula is C17H22N2O2. The quantitative estimate of drug-likeness (QED) is 0.906. The third-order valence-corrected chi connectivity index (χ3v) is 4.32. The topological polar surface area (TPSA) is 55.6 Å². The maximum absolute atomic E-state index is 12.8. The van der Waals surface area contributed by atoms with Crippen molar-refractivity contribution in [3.63, 3.8) is 0 Å². The van der Waals surface area contributed by atoms with Gasteiger partial charge in [0.15, 0.2) is 0 Å². The van der Waals surface area contributed by atoms with E-state index < -0.39 is 0 Å². The number of likely N-dealkylation sites (tertiary alicyclic amines) is 1. The minimum absolute atomic E-state index is 0.00615. The van der Waals surface area contributed by atoms with Gasteiger partial charge in [-0.1, -0.05) is 18.2 Å². The Hall–Kier alpha value is -1.81. The molecule has 1 saturated heterocycles. The van der Waals surface area contributed by atoms with Gasteiger partial charge in [-0.3, -0.25) is 4.79 Å². The number of para-hydroxylation sites is 1. The number of carbonyl (C=O) groups excluding carboxylic acids is 1. The molecule has 2 aliphatic rings. The second-order valence-electron chi connectivity index (χ2n) is 5.92. The molecule has 1 aromatic carbocycles. The first kappa shape index (κ1) is 14.1. The predicted octanol–water partition coefficient (Wildman–Crippen LogP) is 2.19. The van der Waals surface area contributed by atoms with Crippen LogP contribution in [-0.4, -0.2) is 36.0 Å². The number of nitrogens with zero attached hydrogens (tertiary/aromatic N) is 1. The van der Waals surface area contributed by atoms with Crippen molar-refractivity contribution in [2.75, 3.05) is 13.2 Å². The molecule has 0 radical (unpaired) electrons. The number of nitrogens with two attached hydrogens (primary N) is 1. The third-order valence-electron chi connectivity index (χ3n) is 4.32. The van der Waals surface area contributed by atoms with E-state index in [9.17, 15) is 4.79 Å². The minimum atomic E-state index is 0.00615. The fourth-order valence-electron chi connectivity index (χ4n) is 3.18. The Kier molecular flexibility index (Phi) is 3.97. The summed E-state index contributed by atoms with van der Waals surface area (Å²) in [6.45, 7) is 3.12. The van der Waals surface area contributed by atoms with Crippen molar-refractivity contribution in [1.82, 2.24) is 4.90 Å². The molecule has 2 heterocycles. The number of rotatable bonds is 2. The molecule has 1 aromatic rings. The number of benzene rings is 1. The molecular weight excluding hydrogens is 264 g/mol. The van der Waals surface area contributed by atoms with E-state index in [1.54, 1.807) is 0 Å². The lowest BCUT2D eigenvalue weighted by Gasteiger charge is -2.38. The molecule has 3 rings (SSSR count). The Balaban J connectivity index is 1.83. The third kappa shape index (κ3) is 2.81. The van der Waals surface area contributed by atoms with Gasteiger partial charge in [0.25, 0.3) is 5.91 Å². The van der Waals surface area contributed by atoms with Gasteiger partial charge in [-0.2, -0.15) is 0 Å². The lowest BCUT2D eigenvalue weighted by atomic mass is 9.95. The van der Waals surface area contributed by atoms with Crippen molar-refractivity contribution in [2.45, 2.75) is 38.3 Å². The van der Waals surface area contributed by atoms with E-state index in [-0.39, 0.29) is 18.0 Å². The van der Waals surface area contributed by atoms with Crippen LogP contribution < -0.4 is 10.5 Å². The van der Waals surface area contributed by atoms with E-state index >= 15 is 0 Å². The molecule has 4 heteroatoms. The van der Waals surface area contributed by atoms with Gasteiger partial charge < -0.3 is 15.4 Å². The van der Waals surface area contributed by atoms with Gasteiger partial charge in [0.2, 0.25) is 0 Å². The molecule has 2 unspecified atom stereocenters. The van der Waals surface area contributed by atoms with Crippen molar-refractivity contribution < 1.29 is 9.53 Å². The molecule has 1 fully saturated rings. The number of hydrogen-bond donors (Lipinski definition) is 1. The van der Waals surface area contributed by atoms with Gasteiger partial charge in [-0.15, -0.1) is 0 Å². The van der Waals surface area contributed by atoms with Crippen molar-refractivity contribution >= 4 is 12.0 Å². The highest BCUT2D eigenvalue weighted by atomic mass is 16.5. The van der Waals surface area contributed by atoms with E-state index in [0.717, 1.165) is 42.7 Å². The zero-order valence-electron chi connectivity index (χ0n) is 12.4. The summed E-state index contributed by atoms with van der Waals surface area (Å²) in [5, 5.41) is 0. The fourth-order valence-corrected chi connectivity index (χ4v) is 3.18. The summed E-state index contributed by atoms with van der Waals surface area (Å²) in [7, 11) is 0. The van der Waals surface area contributed by atoms with Crippen LogP contribution in [0.25, 0.3) is 6.08 Å². The number of piperidine rings is 1. The molecule has 4 nitrogen and oxygen atoms in total. The smallest absolute Gasteiger partial charge is 0.253 e. The van der Waals surface area contributed by atoms with Gasteiger partial charge >= 0.3 is 0 Å². The molecule has 0 aromatic heterocycles. The number of carbonyl (C=O) groups is 1. The summed E-state index contributed by atoms with van der Waals surface area (Å²) in [5.74, 6) is 0.919. The maximum atomic E-state index is 12.8. The van der Waals surface area contributed by atoms with Gasteiger partial charge in [-0.05, 0) is 38.3 Å². The number of ether oxygens (including phenoxy) is 1. The molecule has 2 atom stereocenters. The Morgan fingerprint density at radius 2 is 2.19 bits per heavy atom. The van der Waals surface area contributed by atoms with Gasteiger partial charge in [0, 0.05) is 24.2 Å². The second-order valence-corrected chi connectivity index (χ2v) is 5.92. The first-order chi connectivity index (χ1) is 10.2. The molecule has 0 aliphatic carbocycles. The maximum Gasteiger partial charge on any atom is 0.253 e. The number of amides is 1. The van der Waals surface area contributed by atoms with E-state index in [0.29, 0.717) is 6.61 Å². The summed E-state index contributed by atoms with van der Waals surface area (Å²) in [6, 6.07) is 7.95. The first-order valence-electron chi connectivity index (χ1n) is 7.66. The molecule has 21 heavy (non-hydrogen) atoms. The molecule has 0 bridgehead atoms. The van der Waals surface area contributed by atoms with Crippen molar-refractivity contribution in [2.24, 2.45) is 5.73 Å². The summed E-state index contributed by atoms with van der Waals surface area (Å²) in [4.78, 5) is 14.7. The summed E-state index contributed by atoms with van der Waals surface area (Å²) in [5.41, 5.74) is 7.75. The molecule has 0 saturated carbocycles. The fraction of sp³-hybridized carbons (Fsp3) is 0.471. The summed E-state index contributed by atoms with van der Waals surface area (Å²) < 4.78 is 5.70. The van der Waals surface area contributed by atoms with Gasteiger partial charge in [0.1, 0.15) is 12.4 Å². The average molecular weight is 286 g/mol. The molecule has 0 spiro atoms. The van der Waals surface area contributed by atoms with Crippen LogP contribution in [0.4, 0.5) is 0 Å².